The van der Waals surface area contributed by atoms with Crippen molar-refractivity contribution in [3.63, 3.8) is 0 Å². The molecule has 1 aromatic carbocycles. The molecule has 0 radical (unpaired) electrons. The van der Waals surface area contributed by atoms with Crippen molar-refractivity contribution < 1.29 is 4.74 Å². The number of rotatable bonds is 8. The third-order valence-electron chi connectivity index (χ3n) is 3.03. The minimum Gasteiger partial charge on any atom is -0.494 e. The summed E-state index contributed by atoms with van der Waals surface area (Å²) >= 11 is 0. The largest absolute Gasteiger partial charge is 0.494 e. The van der Waals surface area contributed by atoms with Crippen LogP contribution in [0.15, 0.2) is 36.5 Å². The van der Waals surface area contributed by atoms with Crippen molar-refractivity contribution in [2.24, 2.45) is 7.05 Å². The maximum Gasteiger partial charge on any atom is 0.119 e. The predicted octanol–water partition coefficient (Wildman–Crippen LogP) is 2.54. The zero-order chi connectivity index (χ0) is 14.2. The van der Waals surface area contributed by atoms with Gasteiger partial charge in [0.25, 0.3) is 0 Å². The van der Waals surface area contributed by atoms with Gasteiger partial charge in [-0.05, 0) is 30.2 Å². The van der Waals surface area contributed by atoms with Gasteiger partial charge in [-0.15, -0.1) is 0 Å². The second-order valence-electron chi connectivity index (χ2n) is 4.90. The van der Waals surface area contributed by atoms with Crippen molar-refractivity contribution in [1.29, 1.82) is 0 Å². The van der Waals surface area contributed by atoms with Crippen LogP contribution < -0.4 is 10.1 Å². The quantitative estimate of drug-likeness (QED) is 0.751. The van der Waals surface area contributed by atoms with Crippen molar-refractivity contribution in [2.75, 3.05) is 13.2 Å². The van der Waals surface area contributed by atoms with E-state index < -0.39 is 0 Å². The van der Waals surface area contributed by atoms with E-state index in [0.717, 1.165) is 44.0 Å². The summed E-state index contributed by atoms with van der Waals surface area (Å²) in [5.74, 6) is 0.955. The average molecular weight is 273 g/mol. The van der Waals surface area contributed by atoms with Crippen LogP contribution in [-0.4, -0.2) is 22.9 Å². The van der Waals surface area contributed by atoms with Crippen LogP contribution in [0, 0.1) is 0 Å². The number of benzene rings is 1. The fourth-order valence-electron chi connectivity index (χ4n) is 2.01. The Bertz CT molecular complexity index is 522. The molecule has 0 aliphatic heterocycles. The van der Waals surface area contributed by atoms with Crippen LogP contribution in [0.25, 0.3) is 0 Å². The molecule has 0 saturated heterocycles. The molecule has 0 spiro atoms. The predicted molar refractivity (Wildman–Crippen MR) is 80.8 cm³/mol. The zero-order valence-corrected chi connectivity index (χ0v) is 12.3. The molecular formula is C16H23N3O. The maximum atomic E-state index is 5.63. The maximum absolute atomic E-state index is 5.63. The van der Waals surface area contributed by atoms with E-state index in [9.17, 15) is 0 Å². The molecule has 108 valence electrons. The van der Waals surface area contributed by atoms with Crippen LogP contribution in [0.4, 0.5) is 0 Å². The van der Waals surface area contributed by atoms with Gasteiger partial charge in [-0.3, -0.25) is 4.68 Å². The average Bonchev–Trinajstić information content (AvgIpc) is 2.87. The Morgan fingerprint density at radius 3 is 2.95 bits per heavy atom. The van der Waals surface area contributed by atoms with Gasteiger partial charge in [0.15, 0.2) is 0 Å². The van der Waals surface area contributed by atoms with E-state index in [1.807, 2.05) is 30.1 Å². The van der Waals surface area contributed by atoms with Crippen LogP contribution in [-0.2, 0) is 20.0 Å². The molecule has 2 rings (SSSR count). The Balaban J connectivity index is 1.73. The molecule has 1 N–H and O–H groups in total. The summed E-state index contributed by atoms with van der Waals surface area (Å²) in [6, 6.07) is 10.3. The molecule has 0 aliphatic carbocycles. The van der Waals surface area contributed by atoms with Crippen molar-refractivity contribution in [1.82, 2.24) is 15.1 Å². The highest BCUT2D eigenvalue weighted by Gasteiger charge is 1.99. The standard InChI is InChI=1S/C16H23N3O/c1-3-11-20-16-6-4-5-14(12-16)13-17-9-7-15-8-10-19(2)18-15/h4-6,8,10,12,17H,3,7,9,11,13H2,1-2H3. The number of nitrogens with one attached hydrogen (secondary N) is 1. The first-order valence-corrected chi connectivity index (χ1v) is 7.19. The fourth-order valence-corrected chi connectivity index (χ4v) is 2.01. The van der Waals surface area contributed by atoms with Gasteiger partial charge in [0, 0.05) is 32.8 Å². The van der Waals surface area contributed by atoms with E-state index >= 15 is 0 Å². The van der Waals surface area contributed by atoms with Gasteiger partial charge in [-0.25, -0.2) is 0 Å². The fraction of sp³-hybridized carbons (Fsp3) is 0.438. The summed E-state index contributed by atoms with van der Waals surface area (Å²) in [6.45, 7) is 4.67. The van der Waals surface area contributed by atoms with Crippen LogP contribution in [0.1, 0.15) is 24.6 Å². The van der Waals surface area contributed by atoms with Crippen LogP contribution in [0.3, 0.4) is 0 Å². The Morgan fingerprint density at radius 1 is 1.30 bits per heavy atom. The number of hydrogen-bond acceptors (Lipinski definition) is 3. The van der Waals surface area contributed by atoms with Gasteiger partial charge in [-0.2, -0.15) is 5.10 Å². The Labute approximate surface area is 120 Å². The van der Waals surface area contributed by atoms with Crippen LogP contribution in [0.2, 0.25) is 0 Å². The highest BCUT2D eigenvalue weighted by molar-refractivity contribution is 5.28. The van der Waals surface area contributed by atoms with Crippen molar-refractivity contribution in [2.45, 2.75) is 26.3 Å². The Kier molecular flexibility index (Phi) is 5.62. The first-order chi connectivity index (χ1) is 9.78. The van der Waals surface area contributed by atoms with E-state index in [0.29, 0.717) is 0 Å². The monoisotopic (exact) mass is 273 g/mol. The van der Waals surface area contributed by atoms with Gasteiger partial charge >= 0.3 is 0 Å². The molecule has 0 amide bonds. The highest BCUT2D eigenvalue weighted by Crippen LogP contribution is 2.13. The Morgan fingerprint density at radius 2 is 2.20 bits per heavy atom. The molecule has 4 heteroatoms. The Hall–Kier alpha value is -1.81. The summed E-state index contributed by atoms with van der Waals surface area (Å²) in [4.78, 5) is 0. The lowest BCUT2D eigenvalue weighted by Gasteiger charge is -2.08. The lowest BCUT2D eigenvalue weighted by atomic mass is 10.2. The van der Waals surface area contributed by atoms with E-state index in [1.54, 1.807) is 0 Å². The second-order valence-corrected chi connectivity index (χ2v) is 4.90. The summed E-state index contributed by atoms with van der Waals surface area (Å²) < 4.78 is 7.47. The molecule has 1 aromatic heterocycles. The molecule has 0 fully saturated rings. The summed E-state index contributed by atoms with van der Waals surface area (Å²) in [5, 5.41) is 7.80. The van der Waals surface area contributed by atoms with E-state index in [2.05, 4.69) is 35.5 Å². The molecule has 4 nitrogen and oxygen atoms in total. The molecule has 0 saturated carbocycles. The van der Waals surface area contributed by atoms with Gasteiger partial charge in [0.2, 0.25) is 0 Å². The number of aryl methyl sites for hydroxylation is 1. The summed E-state index contributed by atoms with van der Waals surface area (Å²) in [5.41, 5.74) is 2.37. The minimum absolute atomic E-state index is 0.774. The van der Waals surface area contributed by atoms with Gasteiger partial charge in [-0.1, -0.05) is 19.1 Å². The van der Waals surface area contributed by atoms with Crippen LogP contribution in [0.5, 0.6) is 5.75 Å². The first kappa shape index (κ1) is 14.6. The summed E-state index contributed by atoms with van der Waals surface area (Å²) in [6.07, 6.45) is 3.96. The van der Waals surface area contributed by atoms with Crippen molar-refractivity contribution in [3.8, 4) is 5.75 Å². The number of aromatic nitrogens is 2. The smallest absolute Gasteiger partial charge is 0.119 e. The van der Waals surface area contributed by atoms with Crippen LogP contribution >= 0.6 is 0 Å². The third kappa shape index (κ3) is 4.70. The number of nitrogens with zero attached hydrogens (tertiary/aromatic N) is 2. The molecule has 0 unspecified atom stereocenters. The lowest BCUT2D eigenvalue weighted by Crippen LogP contribution is -2.17. The molecule has 20 heavy (non-hydrogen) atoms. The minimum atomic E-state index is 0.774. The highest BCUT2D eigenvalue weighted by atomic mass is 16.5. The number of ether oxygens (including phenoxy) is 1. The van der Waals surface area contributed by atoms with Gasteiger partial charge in [0.1, 0.15) is 5.75 Å². The van der Waals surface area contributed by atoms with Crippen molar-refractivity contribution in [3.05, 3.63) is 47.8 Å². The molecule has 0 bridgehead atoms. The molecule has 0 atom stereocenters. The summed E-state index contributed by atoms with van der Waals surface area (Å²) in [7, 11) is 1.94. The first-order valence-electron chi connectivity index (χ1n) is 7.19. The SMILES string of the molecule is CCCOc1cccc(CNCCc2ccn(C)n2)c1. The lowest BCUT2D eigenvalue weighted by molar-refractivity contribution is 0.317. The normalized spacial score (nSPS) is 10.7. The number of hydrogen-bond donors (Lipinski definition) is 1. The molecule has 2 aromatic rings. The molecular weight excluding hydrogens is 250 g/mol. The zero-order valence-electron chi connectivity index (χ0n) is 12.3. The van der Waals surface area contributed by atoms with Gasteiger partial charge < -0.3 is 10.1 Å². The van der Waals surface area contributed by atoms with Crippen molar-refractivity contribution >= 4 is 0 Å². The van der Waals surface area contributed by atoms with E-state index in [1.165, 1.54) is 5.56 Å². The topological polar surface area (TPSA) is 39.1 Å². The molecule has 0 aliphatic rings. The van der Waals surface area contributed by atoms with Gasteiger partial charge in [0.05, 0.1) is 12.3 Å². The second kappa shape index (κ2) is 7.70. The van der Waals surface area contributed by atoms with E-state index in [-0.39, 0.29) is 0 Å². The van der Waals surface area contributed by atoms with E-state index in [4.69, 9.17) is 4.74 Å². The third-order valence-corrected chi connectivity index (χ3v) is 3.03. The molecule has 1 heterocycles.